The predicted molar refractivity (Wildman–Crippen MR) is 108 cm³/mol. The molecule has 0 saturated heterocycles. The van der Waals surface area contributed by atoms with E-state index in [4.69, 9.17) is 5.11 Å². The van der Waals surface area contributed by atoms with Crippen LogP contribution in [0.5, 0.6) is 0 Å². The Morgan fingerprint density at radius 1 is 1.04 bits per heavy atom. The van der Waals surface area contributed by atoms with Gasteiger partial charge in [-0.3, -0.25) is 9.59 Å². The fourth-order valence-corrected chi connectivity index (χ4v) is 4.31. The van der Waals surface area contributed by atoms with Gasteiger partial charge < -0.3 is 5.11 Å². The van der Waals surface area contributed by atoms with E-state index in [0.29, 0.717) is 6.42 Å². The van der Waals surface area contributed by atoms with Crippen molar-refractivity contribution in [3.8, 4) is 0 Å². The lowest BCUT2D eigenvalue weighted by Gasteiger charge is -2.19. The molecule has 2 aromatic rings. The third kappa shape index (κ3) is 3.77. The maximum atomic E-state index is 13.2. The molecule has 2 aromatic carbocycles. The molecule has 1 aliphatic rings. The summed E-state index contributed by atoms with van der Waals surface area (Å²) in [5.41, 5.74) is 5.37. The van der Waals surface area contributed by atoms with Gasteiger partial charge in [-0.05, 0) is 60.6 Å². The van der Waals surface area contributed by atoms with Crippen molar-refractivity contribution < 1.29 is 19.5 Å². The first-order valence-corrected chi connectivity index (χ1v) is 9.86. The summed E-state index contributed by atoms with van der Waals surface area (Å²) in [7, 11) is 0. The zero-order chi connectivity index (χ0) is 20.4. The minimum atomic E-state index is -0.975. The standard InChI is InChI=1S/C24H26O4/c1-4-16-10-14(3)11-17(5-2)21(16)22-20(25)13-19(23(22)26)12-15-6-8-18(9-7-15)24(27)28/h6-11,19,22H,4-5,12-13H2,1-3H3,(H,27,28). The van der Waals surface area contributed by atoms with Crippen LogP contribution in [-0.2, 0) is 28.9 Å². The quantitative estimate of drug-likeness (QED) is 0.761. The molecule has 0 radical (unpaired) electrons. The Morgan fingerprint density at radius 3 is 2.11 bits per heavy atom. The van der Waals surface area contributed by atoms with Crippen molar-refractivity contribution in [1.29, 1.82) is 0 Å². The molecule has 146 valence electrons. The topological polar surface area (TPSA) is 71.4 Å². The Labute approximate surface area is 165 Å². The highest BCUT2D eigenvalue weighted by atomic mass is 16.4. The molecule has 1 aliphatic carbocycles. The van der Waals surface area contributed by atoms with E-state index in [1.807, 2.05) is 6.92 Å². The van der Waals surface area contributed by atoms with E-state index in [1.165, 1.54) is 0 Å². The second-order valence-electron chi connectivity index (χ2n) is 7.61. The zero-order valence-electron chi connectivity index (χ0n) is 16.6. The highest BCUT2D eigenvalue weighted by molar-refractivity contribution is 6.15. The summed E-state index contributed by atoms with van der Waals surface area (Å²) in [6, 6.07) is 10.7. The number of rotatable bonds is 6. The van der Waals surface area contributed by atoms with E-state index in [9.17, 15) is 14.4 Å². The third-order valence-corrected chi connectivity index (χ3v) is 5.69. The lowest BCUT2D eigenvalue weighted by atomic mass is 9.83. The summed E-state index contributed by atoms with van der Waals surface area (Å²) in [4.78, 5) is 37.1. The summed E-state index contributed by atoms with van der Waals surface area (Å²) in [5.74, 6) is -1.97. The molecule has 2 unspecified atom stereocenters. The molecule has 1 fully saturated rings. The van der Waals surface area contributed by atoms with E-state index < -0.39 is 11.9 Å². The van der Waals surface area contributed by atoms with Crippen LogP contribution in [-0.4, -0.2) is 22.6 Å². The predicted octanol–water partition coefficient (Wildman–Crippen LogP) is 4.30. The SMILES string of the molecule is CCc1cc(C)cc(CC)c1C1C(=O)CC(Cc2ccc(C(=O)O)cc2)C1=O. The van der Waals surface area contributed by atoms with Gasteiger partial charge in [0, 0.05) is 12.3 Å². The Hall–Kier alpha value is -2.75. The first-order chi connectivity index (χ1) is 13.3. The summed E-state index contributed by atoms with van der Waals surface area (Å²) < 4.78 is 0. The van der Waals surface area contributed by atoms with Crippen LogP contribution in [0.1, 0.15) is 64.4 Å². The van der Waals surface area contributed by atoms with Crippen LogP contribution in [0.15, 0.2) is 36.4 Å². The second kappa shape index (κ2) is 8.09. The van der Waals surface area contributed by atoms with Gasteiger partial charge in [0.2, 0.25) is 0 Å². The number of aryl methyl sites for hydroxylation is 3. The van der Waals surface area contributed by atoms with Gasteiger partial charge in [0.15, 0.2) is 5.78 Å². The van der Waals surface area contributed by atoms with E-state index in [0.717, 1.165) is 40.7 Å². The molecule has 0 bridgehead atoms. The molecule has 28 heavy (non-hydrogen) atoms. The Balaban J connectivity index is 1.89. The summed E-state index contributed by atoms with van der Waals surface area (Å²) in [6.07, 6.45) is 2.31. The highest BCUT2D eigenvalue weighted by Gasteiger charge is 2.43. The van der Waals surface area contributed by atoms with Gasteiger partial charge in [-0.1, -0.05) is 43.7 Å². The lowest BCUT2D eigenvalue weighted by molar-refractivity contribution is -0.124. The Kier molecular flexibility index (Phi) is 5.78. The molecular weight excluding hydrogens is 352 g/mol. The van der Waals surface area contributed by atoms with Crippen molar-refractivity contribution >= 4 is 17.5 Å². The number of aromatic carboxylic acids is 1. The molecule has 0 amide bonds. The number of Topliss-reactive ketones (excluding diaryl/α,β-unsaturated/α-hetero) is 2. The third-order valence-electron chi connectivity index (χ3n) is 5.69. The van der Waals surface area contributed by atoms with Gasteiger partial charge in [0.1, 0.15) is 11.7 Å². The highest BCUT2D eigenvalue weighted by Crippen LogP contribution is 2.38. The molecule has 1 N–H and O–H groups in total. The van der Waals surface area contributed by atoms with Crippen molar-refractivity contribution in [2.45, 2.75) is 52.4 Å². The summed E-state index contributed by atoms with van der Waals surface area (Å²) >= 11 is 0. The van der Waals surface area contributed by atoms with Crippen LogP contribution in [0.25, 0.3) is 0 Å². The summed E-state index contributed by atoms with van der Waals surface area (Å²) in [5, 5.41) is 9.02. The van der Waals surface area contributed by atoms with E-state index in [2.05, 4.69) is 26.0 Å². The number of hydrogen-bond donors (Lipinski definition) is 1. The maximum Gasteiger partial charge on any atom is 0.335 e. The number of carboxylic acids is 1. The number of ketones is 2. The van der Waals surface area contributed by atoms with Crippen molar-refractivity contribution in [3.63, 3.8) is 0 Å². The molecule has 0 heterocycles. The zero-order valence-corrected chi connectivity index (χ0v) is 16.6. The molecule has 0 spiro atoms. The largest absolute Gasteiger partial charge is 0.478 e. The molecule has 4 heteroatoms. The summed E-state index contributed by atoms with van der Waals surface area (Å²) in [6.45, 7) is 6.16. The van der Waals surface area contributed by atoms with Crippen LogP contribution >= 0.6 is 0 Å². The van der Waals surface area contributed by atoms with Crippen LogP contribution < -0.4 is 0 Å². The maximum absolute atomic E-state index is 13.2. The average Bonchev–Trinajstić information content (AvgIpc) is 2.94. The van der Waals surface area contributed by atoms with Crippen molar-refractivity contribution in [3.05, 3.63) is 69.8 Å². The lowest BCUT2D eigenvalue weighted by Crippen LogP contribution is -2.20. The molecule has 0 aliphatic heterocycles. The number of carbonyl (C=O) groups is 3. The van der Waals surface area contributed by atoms with Gasteiger partial charge in [-0.2, -0.15) is 0 Å². The van der Waals surface area contributed by atoms with Gasteiger partial charge in [0.25, 0.3) is 0 Å². The number of carboxylic acid groups (broad SMARTS) is 1. The average molecular weight is 378 g/mol. The van der Waals surface area contributed by atoms with Crippen LogP contribution in [0.2, 0.25) is 0 Å². The molecule has 4 nitrogen and oxygen atoms in total. The monoisotopic (exact) mass is 378 g/mol. The van der Waals surface area contributed by atoms with Gasteiger partial charge in [-0.15, -0.1) is 0 Å². The molecular formula is C24H26O4. The Bertz CT molecular complexity index is 899. The molecule has 1 saturated carbocycles. The minimum Gasteiger partial charge on any atom is -0.478 e. The van der Waals surface area contributed by atoms with Crippen molar-refractivity contribution in [1.82, 2.24) is 0 Å². The fourth-order valence-electron chi connectivity index (χ4n) is 4.31. The number of carbonyl (C=O) groups excluding carboxylic acids is 2. The van der Waals surface area contributed by atoms with Crippen LogP contribution in [0.3, 0.4) is 0 Å². The normalized spacial score (nSPS) is 19.2. The second-order valence-corrected chi connectivity index (χ2v) is 7.61. The Morgan fingerprint density at radius 2 is 1.61 bits per heavy atom. The van der Waals surface area contributed by atoms with Gasteiger partial charge in [0.05, 0.1) is 5.56 Å². The van der Waals surface area contributed by atoms with E-state index in [1.54, 1.807) is 24.3 Å². The number of hydrogen-bond acceptors (Lipinski definition) is 3. The van der Waals surface area contributed by atoms with Crippen LogP contribution in [0, 0.1) is 12.8 Å². The van der Waals surface area contributed by atoms with E-state index in [-0.39, 0.29) is 29.5 Å². The smallest absolute Gasteiger partial charge is 0.335 e. The minimum absolute atomic E-state index is 0.000522. The van der Waals surface area contributed by atoms with Crippen molar-refractivity contribution in [2.75, 3.05) is 0 Å². The molecule has 0 aromatic heterocycles. The first kappa shape index (κ1) is 20.0. The van der Waals surface area contributed by atoms with Crippen LogP contribution in [0.4, 0.5) is 0 Å². The van der Waals surface area contributed by atoms with Gasteiger partial charge >= 0.3 is 5.97 Å². The number of benzene rings is 2. The van der Waals surface area contributed by atoms with E-state index >= 15 is 0 Å². The fraction of sp³-hybridized carbons (Fsp3) is 0.375. The first-order valence-electron chi connectivity index (χ1n) is 9.86. The van der Waals surface area contributed by atoms with Crippen molar-refractivity contribution in [2.24, 2.45) is 5.92 Å². The van der Waals surface area contributed by atoms with Gasteiger partial charge in [-0.25, -0.2) is 4.79 Å². The molecule has 3 rings (SSSR count). The molecule has 2 atom stereocenters.